The summed E-state index contributed by atoms with van der Waals surface area (Å²) >= 11 is 5.88. The quantitative estimate of drug-likeness (QED) is 0.707. The lowest BCUT2D eigenvalue weighted by Gasteiger charge is -2.38. The number of para-hydroxylation sites is 1. The van der Waals surface area contributed by atoms with E-state index in [1.54, 1.807) is 4.90 Å². The van der Waals surface area contributed by atoms with Crippen LogP contribution in [0.5, 0.6) is 0 Å². The van der Waals surface area contributed by atoms with E-state index in [1.807, 2.05) is 30.3 Å². The third-order valence-electron chi connectivity index (χ3n) is 5.82. The summed E-state index contributed by atoms with van der Waals surface area (Å²) < 4.78 is 27.5. The minimum absolute atomic E-state index is 0.0468. The Morgan fingerprint density at radius 2 is 1.62 bits per heavy atom. The molecule has 1 N–H and O–H groups in total. The molecule has 4 rings (SSSR count). The molecular formula is C22H25ClN4O4S. The molecule has 2 aromatic rings. The Kier molecular flexibility index (Phi) is 6.68. The number of rotatable bonds is 5. The number of anilines is 1. The van der Waals surface area contributed by atoms with E-state index in [4.69, 9.17) is 11.6 Å². The third-order valence-corrected chi connectivity index (χ3v) is 8.00. The molecule has 2 fully saturated rings. The lowest BCUT2D eigenvalue weighted by Crippen LogP contribution is -2.59. The van der Waals surface area contributed by atoms with Gasteiger partial charge in [0.25, 0.3) is 0 Å². The van der Waals surface area contributed by atoms with Crippen molar-refractivity contribution in [1.29, 1.82) is 0 Å². The number of nitrogens with zero attached hydrogens (tertiary/aromatic N) is 3. The van der Waals surface area contributed by atoms with Crippen LogP contribution in [0.2, 0.25) is 5.02 Å². The Morgan fingerprint density at radius 1 is 0.969 bits per heavy atom. The van der Waals surface area contributed by atoms with E-state index in [0.717, 1.165) is 9.99 Å². The van der Waals surface area contributed by atoms with Gasteiger partial charge in [-0.3, -0.25) is 9.59 Å². The molecule has 2 amide bonds. The molecule has 0 spiro atoms. The summed E-state index contributed by atoms with van der Waals surface area (Å²) in [7, 11) is -3.95. The monoisotopic (exact) mass is 476 g/mol. The normalized spacial score (nSPS) is 20.2. The van der Waals surface area contributed by atoms with Crippen molar-refractivity contribution in [3.05, 3.63) is 59.6 Å². The summed E-state index contributed by atoms with van der Waals surface area (Å²) in [6.07, 6.45) is -0.190. The molecule has 10 heteroatoms. The van der Waals surface area contributed by atoms with Crippen LogP contribution in [0.3, 0.4) is 0 Å². The van der Waals surface area contributed by atoms with Crippen LogP contribution in [0.4, 0.5) is 5.69 Å². The van der Waals surface area contributed by atoms with E-state index in [2.05, 4.69) is 10.2 Å². The molecular weight excluding hydrogens is 452 g/mol. The molecule has 32 heavy (non-hydrogen) atoms. The summed E-state index contributed by atoms with van der Waals surface area (Å²) in [5.74, 6) is -0.680. The first kappa shape index (κ1) is 22.6. The van der Waals surface area contributed by atoms with E-state index in [9.17, 15) is 18.0 Å². The highest BCUT2D eigenvalue weighted by atomic mass is 35.5. The van der Waals surface area contributed by atoms with Crippen molar-refractivity contribution < 1.29 is 18.0 Å². The van der Waals surface area contributed by atoms with Gasteiger partial charge in [-0.05, 0) is 36.4 Å². The van der Waals surface area contributed by atoms with Gasteiger partial charge in [-0.15, -0.1) is 0 Å². The van der Waals surface area contributed by atoms with Crippen LogP contribution in [0.1, 0.15) is 6.42 Å². The van der Waals surface area contributed by atoms with Crippen LogP contribution < -0.4 is 10.2 Å². The Morgan fingerprint density at radius 3 is 2.28 bits per heavy atom. The zero-order valence-corrected chi connectivity index (χ0v) is 19.1. The number of benzene rings is 2. The van der Waals surface area contributed by atoms with Crippen molar-refractivity contribution in [1.82, 2.24) is 14.5 Å². The van der Waals surface area contributed by atoms with E-state index >= 15 is 0 Å². The number of piperazine rings is 2. The number of amides is 2. The number of carbonyl (C=O) groups excluding carboxylic acids is 2. The molecule has 0 aromatic heterocycles. The van der Waals surface area contributed by atoms with Gasteiger partial charge >= 0.3 is 0 Å². The second kappa shape index (κ2) is 9.48. The number of halogens is 1. The fourth-order valence-electron chi connectivity index (χ4n) is 4.07. The molecule has 1 unspecified atom stereocenters. The topological polar surface area (TPSA) is 90.0 Å². The molecule has 1 atom stereocenters. The minimum atomic E-state index is -3.95. The maximum atomic E-state index is 13.2. The zero-order chi connectivity index (χ0) is 22.7. The highest BCUT2D eigenvalue weighted by Gasteiger charge is 2.40. The van der Waals surface area contributed by atoms with Crippen LogP contribution >= 0.6 is 11.6 Å². The Labute approximate surface area is 192 Å². The average molecular weight is 477 g/mol. The lowest BCUT2D eigenvalue weighted by atomic mass is 10.1. The average Bonchev–Trinajstić information content (AvgIpc) is 2.81. The van der Waals surface area contributed by atoms with Crippen molar-refractivity contribution in [3.63, 3.8) is 0 Å². The van der Waals surface area contributed by atoms with Crippen LogP contribution in [0.15, 0.2) is 59.5 Å². The third kappa shape index (κ3) is 4.74. The number of sulfonamides is 1. The van der Waals surface area contributed by atoms with Gasteiger partial charge in [0.05, 0.1) is 11.3 Å². The number of hydrogen-bond acceptors (Lipinski definition) is 5. The van der Waals surface area contributed by atoms with Gasteiger partial charge < -0.3 is 15.1 Å². The first-order valence-corrected chi connectivity index (χ1v) is 12.3. The SMILES string of the molecule is O=C1NCCN(S(=O)(=O)c2ccc(Cl)cc2)C1CC(=O)N1CCN(c2ccccc2)CC1. The Bertz CT molecular complexity index is 1070. The first-order valence-electron chi connectivity index (χ1n) is 10.5. The molecule has 2 aliphatic heterocycles. The number of carbonyl (C=O) groups is 2. The molecule has 8 nitrogen and oxygen atoms in total. The van der Waals surface area contributed by atoms with E-state index in [-0.39, 0.29) is 30.3 Å². The van der Waals surface area contributed by atoms with E-state index in [0.29, 0.717) is 31.2 Å². The molecule has 2 heterocycles. The van der Waals surface area contributed by atoms with Crippen LogP contribution in [-0.2, 0) is 19.6 Å². The minimum Gasteiger partial charge on any atom is -0.368 e. The molecule has 2 aromatic carbocycles. The summed E-state index contributed by atoms with van der Waals surface area (Å²) in [6, 6.07) is 14.7. The van der Waals surface area contributed by atoms with Gasteiger partial charge in [-0.2, -0.15) is 4.31 Å². The fraction of sp³-hybridized carbons (Fsp3) is 0.364. The van der Waals surface area contributed by atoms with Gasteiger partial charge in [0.1, 0.15) is 6.04 Å². The standard InChI is InChI=1S/C22H25ClN4O4S/c23-17-6-8-19(9-7-17)32(30,31)27-11-10-24-22(29)20(27)16-21(28)26-14-12-25(13-15-26)18-4-2-1-3-5-18/h1-9,20H,10-16H2,(H,24,29). The van der Waals surface area contributed by atoms with Gasteiger partial charge in [-0.25, -0.2) is 8.42 Å². The molecule has 2 saturated heterocycles. The summed E-state index contributed by atoms with van der Waals surface area (Å²) in [5, 5.41) is 3.10. The summed E-state index contributed by atoms with van der Waals surface area (Å²) in [4.78, 5) is 29.5. The summed E-state index contributed by atoms with van der Waals surface area (Å²) in [5.41, 5.74) is 1.10. The summed E-state index contributed by atoms with van der Waals surface area (Å²) in [6.45, 7) is 2.71. The molecule has 0 saturated carbocycles. The van der Waals surface area contributed by atoms with Gasteiger partial charge in [-0.1, -0.05) is 29.8 Å². The first-order chi connectivity index (χ1) is 15.4. The van der Waals surface area contributed by atoms with Crippen molar-refractivity contribution in [2.24, 2.45) is 0 Å². The number of nitrogens with one attached hydrogen (secondary N) is 1. The molecule has 170 valence electrons. The smallest absolute Gasteiger partial charge is 0.243 e. The van der Waals surface area contributed by atoms with Gasteiger partial charge in [0.15, 0.2) is 0 Å². The zero-order valence-electron chi connectivity index (χ0n) is 17.5. The van der Waals surface area contributed by atoms with Crippen molar-refractivity contribution in [2.75, 3.05) is 44.2 Å². The van der Waals surface area contributed by atoms with Gasteiger partial charge in [0.2, 0.25) is 21.8 Å². The lowest BCUT2D eigenvalue weighted by molar-refractivity contribution is -0.137. The van der Waals surface area contributed by atoms with Crippen molar-refractivity contribution in [3.8, 4) is 0 Å². The second-order valence-corrected chi connectivity index (χ2v) is 10.1. The predicted molar refractivity (Wildman–Crippen MR) is 122 cm³/mol. The fourth-order valence-corrected chi connectivity index (χ4v) is 5.78. The highest BCUT2D eigenvalue weighted by Crippen LogP contribution is 2.24. The van der Waals surface area contributed by atoms with Crippen LogP contribution in [0, 0.1) is 0 Å². The second-order valence-electron chi connectivity index (χ2n) is 7.78. The maximum Gasteiger partial charge on any atom is 0.243 e. The number of hydrogen-bond donors (Lipinski definition) is 1. The Hall–Kier alpha value is -2.62. The molecule has 0 radical (unpaired) electrons. The van der Waals surface area contributed by atoms with Crippen molar-refractivity contribution >= 4 is 39.1 Å². The van der Waals surface area contributed by atoms with E-state index < -0.39 is 22.0 Å². The molecule has 0 aliphatic carbocycles. The van der Waals surface area contributed by atoms with Crippen LogP contribution in [-0.4, -0.2) is 74.7 Å². The highest BCUT2D eigenvalue weighted by molar-refractivity contribution is 7.89. The molecule has 0 bridgehead atoms. The largest absolute Gasteiger partial charge is 0.368 e. The van der Waals surface area contributed by atoms with Gasteiger partial charge in [0, 0.05) is 50.0 Å². The Balaban J connectivity index is 1.45. The molecule has 2 aliphatic rings. The maximum absolute atomic E-state index is 13.2. The van der Waals surface area contributed by atoms with Crippen LogP contribution in [0.25, 0.3) is 0 Å². The van der Waals surface area contributed by atoms with E-state index in [1.165, 1.54) is 24.3 Å². The predicted octanol–water partition coefficient (Wildman–Crippen LogP) is 1.57. The van der Waals surface area contributed by atoms with Crippen molar-refractivity contribution in [2.45, 2.75) is 17.4 Å².